The van der Waals surface area contributed by atoms with Gasteiger partial charge in [0.2, 0.25) is 0 Å². The zero-order valence-electron chi connectivity index (χ0n) is 13.9. The molecule has 0 unspecified atom stereocenters. The minimum Gasteiger partial charge on any atom is -0.489 e. The molecule has 5 nitrogen and oxygen atoms in total. The Morgan fingerprint density at radius 2 is 2.12 bits per heavy atom. The van der Waals surface area contributed by atoms with Crippen LogP contribution in [-0.4, -0.2) is 42.4 Å². The number of amides is 2. The second-order valence-electron chi connectivity index (χ2n) is 5.35. The van der Waals surface area contributed by atoms with Gasteiger partial charge in [-0.15, -0.1) is 0 Å². The molecule has 2 amide bonds. The summed E-state index contributed by atoms with van der Waals surface area (Å²) in [6, 6.07) is 5.31. The van der Waals surface area contributed by atoms with Gasteiger partial charge in [0.25, 0.3) is 11.1 Å². The lowest BCUT2D eigenvalue weighted by Gasteiger charge is -2.14. The van der Waals surface area contributed by atoms with Crippen molar-refractivity contribution in [2.45, 2.75) is 26.4 Å². The van der Waals surface area contributed by atoms with Gasteiger partial charge in [-0.1, -0.05) is 24.6 Å². The molecule has 0 aromatic heterocycles. The molecule has 0 spiro atoms. The molecule has 1 aliphatic rings. The number of rotatable bonds is 7. The van der Waals surface area contributed by atoms with Crippen molar-refractivity contribution < 1.29 is 19.1 Å². The summed E-state index contributed by atoms with van der Waals surface area (Å²) < 4.78 is 10.6. The lowest BCUT2D eigenvalue weighted by molar-refractivity contribution is -0.123. The third-order valence-electron chi connectivity index (χ3n) is 3.55. The number of carbonyl (C=O) groups excluding carboxylic acids is 2. The number of hydrogen-bond donors (Lipinski definition) is 0. The Kier molecular flexibility index (Phi) is 6.71. The fourth-order valence-corrected chi connectivity index (χ4v) is 3.13. The van der Waals surface area contributed by atoms with Crippen molar-refractivity contribution in [1.82, 2.24) is 4.90 Å². The van der Waals surface area contributed by atoms with E-state index in [0.717, 1.165) is 23.7 Å². The number of thioether (sulfide) groups is 1. The number of benzene rings is 1. The Balaban J connectivity index is 2.15. The highest BCUT2D eigenvalue weighted by Gasteiger charge is 2.34. The molecule has 0 saturated carbocycles. The maximum Gasteiger partial charge on any atom is 0.293 e. The quantitative estimate of drug-likeness (QED) is 0.674. The van der Waals surface area contributed by atoms with Crippen LogP contribution >= 0.6 is 23.4 Å². The second kappa shape index (κ2) is 8.55. The smallest absolute Gasteiger partial charge is 0.293 e. The molecule has 1 atom stereocenters. The monoisotopic (exact) mass is 369 g/mol. The first-order valence-electron chi connectivity index (χ1n) is 7.66. The van der Waals surface area contributed by atoms with Gasteiger partial charge < -0.3 is 9.47 Å². The molecule has 0 N–H and O–H groups in total. The lowest BCUT2D eigenvalue weighted by atomic mass is 10.2. The van der Waals surface area contributed by atoms with Crippen molar-refractivity contribution in [1.29, 1.82) is 0 Å². The number of ether oxygens (including phenoxy) is 2. The van der Waals surface area contributed by atoms with Crippen molar-refractivity contribution in [3.8, 4) is 5.75 Å². The molecular formula is C17H20ClNO4S. The van der Waals surface area contributed by atoms with E-state index in [9.17, 15) is 9.59 Å². The highest BCUT2D eigenvalue weighted by Crippen LogP contribution is 2.33. The summed E-state index contributed by atoms with van der Waals surface area (Å²) in [4.78, 5) is 25.7. The van der Waals surface area contributed by atoms with Crippen molar-refractivity contribution in [2.24, 2.45) is 0 Å². The summed E-state index contributed by atoms with van der Waals surface area (Å²) >= 11 is 7.16. The van der Waals surface area contributed by atoms with Crippen LogP contribution in [0.1, 0.15) is 25.8 Å². The summed E-state index contributed by atoms with van der Waals surface area (Å²) in [6.07, 6.45) is 2.62. The molecule has 1 heterocycles. The third kappa shape index (κ3) is 4.53. The molecule has 1 saturated heterocycles. The maximum absolute atomic E-state index is 12.3. The van der Waals surface area contributed by atoms with E-state index in [2.05, 4.69) is 0 Å². The lowest BCUT2D eigenvalue weighted by Crippen LogP contribution is -2.31. The molecule has 1 aromatic rings. The predicted octanol–water partition coefficient (Wildman–Crippen LogP) is 4.20. The first-order chi connectivity index (χ1) is 11.5. The molecule has 0 radical (unpaired) electrons. The second-order valence-corrected chi connectivity index (χ2v) is 6.75. The van der Waals surface area contributed by atoms with Gasteiger partial charge >= 0.3 is 0 Å². The van der Waals surface area contributed by atoms with Gasteiger partial charge in [0.05, 0.1) is 29.2 Å². The van der Waals surface area contributed by atoms with Gasteiger partial charge in [-0.2, -0.15) is 0 Å². The SMILES string of the molecule is CC[C@H](C)Oc1ccc(/C=C2/SC(=O)N(CCOC)C2=O)cc1Cl. The zero-order valence-corrected chi connectivity index (χ0v) is 15.4. The molecule has 2 rings (SSSR count). The third-order valence-corrected chi connectivity index (χ3v) is 4.75. The van der Waals surface area contributed by atoms with Crippen LogP contribution in [0.15, 0.2) is 23.1 Å². The minimum absolute atomic E-state index is 0.0747. The highest BCUT2D eigenvalue weighted by molar-refractivity contribution is 8.18. The Labute approximate surface area is 150 Å². The Morgan fingerprint density at radius 1 is 1.38 bits per heavy atom. The van der Waals surface area contributed by atoms with Gasteiger partial charge in [0.1, 0.15) is 5.75 Å². The van der Waals surface area contributed by atoms with Crippen molar-refractivity contribution in [2.75, 3.05) is 20.3 Å². The predicted molar refractivity (Wildman–Crippen MR) is 96.4 cm³/mol. The molecule has 1 fully saturated rings. The summed E-state index contributed by atoms with van der Waals surface area (Å²) in [7, 11) is 1.53. The van der Waals surface area contributed by atoms with E-state index in [1.54, 1.807) is 18.2 Å². The van der Waals surface area contributed by atoms with E-state index in [1.807, 2.05) is 19.9 Å². The van der Waals surface area contributed by atoms with Crippen LogP contribution in [0.25, 0.3) is 6.08 Å². The molecule has 0 aliphatic carbocycles. The van der Waals surface area contributed by atoms with Crippen LogP contribution in [0, 0.1) is 0 Å². The fourth-order valence-electron chi connectivity index (χ4n) is 2.03. The fraction of sp³-hybridized carbons (Fsp3) is 0.412. The molecule has 0 bridgehead atoms. The molecule has 1 aliphatic heterocycles. The normalized spacial score (nSPS) is 17.7. The molecule has 7 heteroatoms. The van der Waals surface area contributed by atoms with Crippen LogP contribution in [0.4, 0.5) is 4.79 Å². The maximum atomic E-state index is 12.3. The van der Waals surface area contributed by atoms with Crippen LogP contribution in [0.3, 0.4) is 0 Å². The number of methoxy groups -OCH3 is 1. The number of halogens is 1. The van der Waals surface area contributed by atoms with Gasteiger partial charge in [0.15, 0.2) is 0 Å². The standard InChI is InChI=1S/C17H20ClNO4S/c1-4-11(2)23-14-6-5-12(9-13(14)18)10-15-16(20)19(7-8-22-3)17(21)24-15/h5-6,9-11H,4,7-8H2,1-3H3/b15-10+/t11-/m0/s1. The van der Waals surface area contributed by atoms with E-state index in [1.165, 1.54) is 12.0 Å². The topological polar surface area (TPSA) is 55.8 Å². The van der Waals surface area contributed by atoms with Gasteiger partial charge in [0, 0.05) is 7.11 Å². The largest absolute Gasteiger partial charge is 0.489 e. The average Bonchev–Trinajstić information content (AvgIpc) is 2.81. The number of hydrogen-bond acceptors (Lipinski definition) is 5. The summed E-state index contributed by atoms with van der Waals surface area (Å²) in [6.45, 7) is 4.58. The van der Waals surface area contributed by atoms with Crippen LogP contribution in [0.5, 0.6) is 5.75 Å². The summed E-state index contributed by atoms with van der Waals surface area (Å²) in [5.41, 5.74) is 0.744. The van der Waals surface area contributed by atoms with Crippen LogP contribution in [0.2, 0.25) is 5.02 Å². The molecule has 1 aromatic carbocycles. The Bertz CT molecular complexity index is 662. The highest BCUT2D eigenvalue weighted by atomic mass is 35.5. The molecule has 24 heavy (non-hydrogen) atoms. The number of nitrogens with zero attached hydrogens (tertiary/aromatic N) is 1. The van der Waals surface area contributed by atoms with E-state index >= 15 is 0 Å². The minimum atomic E-state index is -0.307. The van der Waals surface area contributed by atoms with Gasteiger partial charge in [-0.3, -0.25) is 14.5 Å². The number of carbonyl (C=O) groups is 2. The van der Waals surface area contributed by atoms with Gasteiger partial charge in [-0.05, 0) is 48.9 Å². The van der Waals surface area contributed by atoms with Crippen molar-refractivity contribution >= 4 is 40.6 Å². The Hall–Kier alpha value is -1.50. The van der Waals surface area contributed by atoms with E-state index < -0.39 is 0 Å². The van der Waals surface area contributed by atoms with Crippen LogP contribution < -0.4 is 4.74 Å². The van der Waals surface area contributed by atoms with Crippen molar-refractivity contribution in [3.05, 3.63) is 33.7 Å². The number of imide groups is 1. The summed E-state index contributed by atoms with van der Waals surface area (Å²) in [5.74, 6) is 0.300. The Morgan fingerprint density at radius 3 is 2.75 bits per heavy atom. The first kappa shape index (κ1) is 18.8. The average molecular weight is 370 g/mol. The van der Waals surface area contributed by atoms with Gasteiger partial charge in [-0.25, -0.2) is 0 Å². The van der Waals surface area contributed by atoms with E-state index in [4.69, 9.17) is 21.1 Å². The van der Waals surface area contributed by atoms with Crippen molar-refractivity contribution in [3.63, 3.8) is 0 Å². The molecule has 130 valence electrons. The van der Waals surface area contributed by atoms with Crippen LogP contribution in [-0.2, 0) is 9.53 Å². The summed E-state index contributed by atoms with van der Waals surface area (Å²) in [5, 5.41) is 0.189. The molecular weight excluding hydrogens is 350 g/mol. The van der Waals surface area contributed by atoms with E-state index in [0.29, 0.717) is 22.3 Å². The first-order valence-corrected chi connectivity index (χ1v) is 8.86. The zero-order chi connectivity index (χ0) is 17.7. The van der Waals surface area contributed by atoms with E-state index in [-0.39, 0.29) is 23.8 Å².